The zero-order chi connectivity index (χ0) is 21.2. The molecule has 0 bridgehead atoms. The van der Waals surface area contributed by atoms with Gasteiger partial charge in [-0.2, -0.15) is 0 Å². The molecule has 2 rings (SSSR count). The summed E-state index contributed by atoms with van der Waals surface area (Å²) in [6.45, 7) is 11.0. The minimum atomic E-state index is -0.539. The largest absolute Gasteiger partial charge is 0.207 e. The monoisotopic (exact) mass is 394 g/mol. The third-order valence-corrected chi connectivity index (χ3v) is 5.56. The number of halogens is 4. The molecule has 0 spiro atoms. The molecule has 0 amide bonds. The van der Waals surface area contributed by atoms with E-state index >= 15 is 0 Å². The maximum atomic E-state index is 14.5. The summed E-state index contributed by atoms with van der Waals surface area (Å²) < 4.78 is 57.6. The quantitative estimate of drug-likeness (QED) is 0.415. The van der Waals surface area contributed by atoms with Crippen LogP contribution >= 0.6 is 0 Å². The molecule has 0 aliphatic carbocycles. The van der Waals surface area contributed by atoms with E-state index in [1.807, 2.05) is 34.6 Å². The summed E-state index contributed by atoms with van der Waals surface area (Å²) in [5.74, 6) is -2.58. The Bertz CT molecular complexity index is 801. The second kappa shape index (κ2) is 9.11. The lowest BCUT2D eigenvalue weighted by Gasteiger charge is -2.20. The second-order valence-electron chi connectivity index (χ2n) is 8.48. The summed E-state index contributed by atoms with van der Waals surface area (Å²) in [5.41, 5.74) is 1.36. The zero-order valence-corrected chi connectivity index (χ0v) is 17.5. The Labute approximate surface area is 166 Å². The molecule has 2 unspecified atom stereocenters. The Morgan fingerprint density at radius 1 is 0.571 bits per heavy atom. The van der Waals surface area contributed by atoms with Gasteiger partial charge in [-0.15, -0.1) is 0 Å². The number of hydrogen-bond acceptors (Lipinski definition) is 0. The minimum absolute atomic E-state index is 0.0417. The molecule has 0 heterocycles. The van der Waals surface area contributed by atoms with Gasteiger partial charge in [-0.1, -0.05) is 41.5 Å². The van der Waals surface area contributed by atoms with Crippen LogP contribution in [0.3, 0.4) is 0 Å². The fraction of sp³-hybridized carbons (Fsp3) is 0.500. The van der Waals surface area contributed by atoms with Crippen LogP contribution < -0.4 is 0 Å². The van der Waals surface area contributed by atoms with Crippen molar-refractivity contribution < 1.29 is 17.6 Å². The summed E-state index contributed by atoms with van der Waals surface area (Å²) in [4.78, 5) is 0. The van der Waals surface area contributed by atoms with Crippen LogP contribution in [0.4, 0.5) is 17.6 Å². The molecular weight excluding hydrogens is 364 g/mol. The first-order valence-corrected chi connectivity index (χ1v) is 10.0. The first-order valence-electron chi connectivity index (χ1n) is 10.0. The van der Waals surface area contributed by atoms with Gasteiger partial charge in [0.2, 0.25) is 0 Å². The third kappa shape index (κ3) is 4.95. The number of rotatable bonds is 7. The van der Waals surface area contributed by atoms with Crippen molar-refractivity contribution in [1.82, 2.24) is 0 Å². The fourth-order valence-electron chi connectivity index (χ4n) is 3.61. The first-order chi connectivity index (χ1) is 13.0. The van der Waals surface area contributed by atoms with Gasteiger partial charge in [-0.25, -0.2) is 17.6 Å². The Morgan fingerprint density at radius 3 is 1.54 bits per heavy atom. The maximum Gasteiger partial charge on any atom is 0.129 e. The molecule has 0 aromatic heterocycles. The lowest BCUT2D eigenvalue weighted by Crippen LogP contribution is -2.07. The Morgan fingerprint density at radius 2 is 1.04 bits per heavy atom. The lowest BCUT2D eigenvalue weighted by molar-refractivity contribution is 0.488. The van der Waals surface area contributed by atoms with Gasteiger partial charge >= 0.3 is 0 Å². The normalized spacial score (nSPS) is 14.0. The third-order valence-electron chi connectivity index (χ3n) is 5.56. The topological polar surface area (TPSA) is 0 Å². The van der Waals surface area contributed by atoms with E-state index in [0.717, 1.165) is 0 Å². The van der Waals surface area contributed by atoms with Crippen LogP contribution in [0, 0.1) is 23.3 Å². The van der Waals surface area contributed by atoms with Gasteiger partial charge in [0.25, 0.3) is 0 Å². The molecule has 0 saturated carbocycles. The van der Waals surface area contributed by atoms with Gasteiger partial charge in [0.1, 0.15) is 23.3 Å². The van der Waals surface area contributed by atoms with Crippen molar-refractivity contribution >= 4 is 0 Å². The van der Waals surface area contributed by atoms with E-state index in [-0.39, 0.29) is 29.2 Å². The van der Waals surface area contributed by atoms with Crippen molar-refractivity contribution in [3.63, 3.8) is 0 Å². The highest BCUT2D eigenvalue weighted by atomic mass is 19.1. The summed E-state index contributed by atoms with van der Waals surface area (Å²) in [7, 11) is 0. The highest BCUT2D eigenvalue weighted by Gasteiger charge is 2.21. The molecule has 0 saturated heterocycles. The van der Waals surface area contributed by atoms with Gasteiger partial charge in [0.05, 0.1) is 0 Å². The van der Waals surface area contributed by atoms with Gasteiger partial charge in [0, 0.05) is 5.56 Å². The van der Waals surface area contributed by atoms with E-state index in [1.165, 1.54) is 24.3 Å². The predicted octanol–water partition coefficient (Wildman–Crippen LogP) is 8.18. The molecular formula is C24H30F4. The van der Waals surface area contributed by atoms with Crippen molar-refractivity contribution in [1.29, 1.82) is 0 Å². The van der Waals surface area contributed by atoms with E-state index in [9.17, 15) is 17.6 Å². The molecule has 0 nitrogen and oxygen atoms in total. The first kappa shape index (κ1) is 22.4. The molecule has 2 aromatic carbocycles. The van der Waals surface area contributed by atoms with E-state index in [0.29, 0.717) is 29.5 Å². The van der Waals surface area contributed by atoms with Crippen LogP contribution in [-0.4, -0.2) is 0 Å². The van der Waals surface area contributed by atoms with Crippen molar-refractivity contribution in [2.24, 2.45) is 0 Å². The van der Waals surface area contributed by atoms with Crippen LogP contribution in [0.25, 0.3) is 0 Å². The molecule has 154 valence electrons. The Kier molecular flexibility index (Phi) is 7.30. The van der Waals surface area contributed by atoms with Crippen LogP contribution in [0.15, 0.2) is 24.3 Å². The molecule has 4 heteroatoms. The minimum Gasteiger partial charge on any atom is -0.207 e. The molecule has 0 aliphatic heterocycles. The maximum absolute atomic E-state index is 14.5. The van der Waals surface area contributed by atoms with Crippen LogP contribution in [0.2, 0.25) is 0 Å². The smallest absolute Gasteiger partial charge is 0.129 e. The fourth-order valence-corrected chi connectivity index (χ4v) is 3.61. The van der Waals surface area contributed by atoms with Crippen molar-refractivity contribution in [2.45, 2.75) is 78.1 Å². The molecule has 28 heavy (non-hydrogen) atoms. The van der Waals surface area contributed by atoms with Gasteiger partial charge in [0.15, 0.2) is 0 Å². The second-order valence-corrected chi connectivity index (χ2v) is 8.48. The number of benzene rings is 2. The summed E-state index contributed by atoms with van der Waals surface area (Å²) in [6.07, 6.45) is 0.979. The lowest BCUT2D eigenvalue weighted by atomic mass is 9.87. The van der Waals surface area contributed by atoms with Gasteiger partial charge < -0.3 is 0 Å². The molecule has 2 atom stereocenters. The number of hydrogen-bond donors (Lipinski definition) is 0. The van der Waals surface area contributed by atoms with Gasteiger partial charge in [-0.3, -0.25) is 0 Å². The van der Waals surface area contributed by atoms with Crippen molar-refractivity contribution in [3.05, 3.63) is 69.8 Å². The molecule has 0 fully saturated rings. The molecule has 2 aromatic rings. The van der Waals surface area contributed by atoms with Gasteiger partial charge in [-0.05, 0) is 77.5 Å². The van der Waals surface area contributed by atoms with Crippen LogP contribution in [0.1, 0.15) is 100 Å². The van der Waals surface area contributed by atoms with E-state index in [4.69, 9.17) is 0 Å². The molecule has 0 radical (unpaired) electrons. The summed E-state index contributed by atoms with van der Waals surface area (Å²) in [5, 5.41) is 0. The average Bonchev–Trinajstić information content (AvgIpc) is 2.60. The summed E-state index contributed by atoms with van der Waals surface area (Å²) in [6, 6.07) is 5.31. The highest BCUT2D eigenvalue weighted by Crippen LogP contribution is 2.34. The summed E-state index contributed by atoms with van der Waals surface area (Å²) >= 11 is 0. The van der Waals surface area contributed by atoms with Crippen LogP contribution in [0.5, 0.6) is 0 Å². The van der Waals surface area contributed by atoms with E-state index in [2.05, 4.69) is 0 Å². The molecule has 0 aliphatic rings. The average molecular weight is 394 g/mol. The van der Waals surface area contributed by atoms with Crippen LogP contribution in [-0.2, 0) is 0 Å². The Hall–Kier alpha value is -1.84. The highest BCUT2D eigenvalue weighted by molar-refractivity contribution is 5.32. The zero-order valence-electron chi connectivity index (χ0n) is 17.5. The predicted molar refractivity (Wildman–Crippen MR) is 107 cm³/mol. The van der Waals surface area contributed by atoms with E-state index in [1.54, 1.807) is 6.92 Å². The molecule has 0 N–H and O–H groups in total. The van der Waals surface area contributed by atoms with E-state index < -0.39 is 23.3 Å². The van der Waals surface area contributed by atoms with Crippen molar-refractivity contribution in [2.75, 3.05) is 0 Å². The van der Waals surface area contributed by atoms with Crippen molar-refractivity contribution in [3.8, 4) is 0 Å². The Balaban J connectivity index is 2.15. The SMILES string of the molecule is CC(C)c1cc(F)c(C(C)CCC(C)c2cc(F)c(C(C)C)cc2F)c(F)c1. The standard InChI is InChI=1S/C24H30F4/c1-13(2)17-9-22(27)24(23(28)10-17)16(6)8-7-15(5)19-12-20(25)18(14(3)4)11-21(19)26/h9-16H,7-8H2,1-6H3.